The standard InChI is InChI=1S/C19H10Cl2FNO/c20-17-6-2-5-16(19(17)21)18-8-7-15(24-18)10-13(11-23)12-3-1-4-14(22)9-12/h1-10H/b13-10+. The zero-order valence-electron chi connectivity index (χ0n) is 12.3. The first kappa shape index (κ1) is 16.3. The largest absolute Gasteiger partial charge is 0.457 e. The molecule has 2 nitrogen and oxygen atoms in total. The number of benzene rings is 2. The van der Waals surface area contributed by atoms with Crippen LogP contribution in [0.5, 0.6) is 0 Å². The summed E-state index contributed by atoms with van der Waals surface area (Å²) in [6.07, 6.45) is 1.55. The first-order valence-corrected chi connectivity index (χ1v) is 7.76. The summed E-state index contributed by atoms with van der Waals surface area (Å²) in [5, 5.41) is 10.1. The van der Waals surface area contributed by atoms with Crippen LogP contribution in [0.25, 0.3) is 23.0 Å². The lowest BCUT2D eigenvalue weighted by atomic mass is 10.1. The van der Waals surface area contributed by atoms with Gasteiger partial charge in [0.1, 0.15) is 17.3 Å². The van der Waals surface area contributed by atoms with Gasteiger partial charge in [-0.05, 0) is 48.0 Å². The van der Waals surface area contributed by atoms with Gasteiger partial charge in [0.05, 0.1) is 21.7 Å². The molecule has 0 spiro atoms. The Bertz CT molecular complexity index is 969. The lowest BCUT2D eigenvalue weighted by molar-refractivity contribution is 0.572. The van der Waals surface area contributed by atoms with Crippen LogP contribution in [-0.4, -0.2) is 0 Å². The second kappa shape index (κ2) is 6.92. The monoisotopic (exact) mass is 357 g/mol. The first-order valence-electron chi connectivity index (χ1n) is 7.00. The summed E-state index contributed by atoms with van der Waals surface area (Å²) in [7, 11) is 0. The van der Waals surface area contributed by atoms with Gasteiger partial charge in [-0.2, -0.15) is 5.26 Å². The molecule has 24 heavy (non-hydrogen) atoms. The van der Waals surface area contributed by atoms with E-state index in [1.54, 1.807) is 48.5 Å². The van der Waals surface area contributed by atoms with Gasteiger partial charge >= 0.3 is 0 Å². The third-order valence-corrected chi connectivity index (χ3v) is 4.21. The first-order chi connectivity index (χ1) is 11.6. The Hall–Kier alpha value is -2.54. The number of halogens is 3. The molecule has 0 unspecified atom stereocenters. The molecule has 0 N–H and O–H groups in total. The zero-order valence-corrected chi connectivity index (χ0v) is 13.8. The van der Waals surface area contributed by atoms with Gasteiger partial charge in [0.15, 0.2) is 0 Å². The van der Waals surface area contributed by atoms with Crippen molar-refractivity contribution in [3.8, 4) is 17.4 Å². The highest BCUT2D eigenvalue weighted by Gasteiger charge is 2.11. The van der Waals surface area contributed by atoms with Crippen LogP contribution in [0.4, 0.5) is 4.39 Å². The summed E-state index contributed by atoms with van der Waals surface area (Å²) in [5.41, 5.74) is 1.44. The van der Waals surface area contributed by atoms with Crippen molar-refractivity contribution in [1.29, 1.82) is 5.26 Å². The SMILES string of the molecule is N#C/C(=C\c1ccc(-c2cccc(Cl)c2Cl)o1)c1cccc(F)c1. The van der Waals surface area contributed by atoms with Crippen LogP contribution in [0.1, 0.15) is 11.3 Å². The highest BCUT2D eigenvalue weighted by Crippen LogP contribution is 2.34. The van der Waals surface area contributed by atoms with Crippen LogP contribution >= 0.6 is 23.2 Å². The Morgan fingerprint density at radius 2 is 1.88 bits per heavy atom. The molecule has 1 heterocycles. The van der Waals surface area contributed by atoms with E-state index in [1.165, 1.54) is 12.1 Å². The molecular formula is C19H10Cl2FNO. The molecule has 118 valence electrons. The summed E-state index contributed by atoms with van der Waals surface area (Å²) in [6.45, 7) is 0. The second-order valence-electron chi connectivity index (χ2n) is 4.98. The fourth-order valence-corrected chi connectivity index (χ4v) is 2.64. The summed E-state index contributed by atoms with van der Waals surface area (Å²) in [5.74, 6) is 0.589. The predicted octanol–water partition coefficient (Wildman–Crippen LogP) is 6.46. The number of rotatable bonds is 3. The molecule has 3 rings (SSSR count). The van der Waals surface area contributed by atoms with Gasteiger partial charge in [0, 0.05) is 5.56 Å². The minimum Gasteiger partial charge on any atom is -0.457 e. The molecule has 3 aromatic rings. The summed E-state index contributed by atoms with van der Waals surface area (Å²) >= 11 is 12.2. The van der Waals surface area contributed by atoms with Crippen molar-refractivity contribution < 1.29 is 8.81 Å². The minimum atomic E-state index is -0.403. The van der Waals surface area contributed by atoms with Crippen molar-refractivity contribution in [2.75, 3.05) is 0 Å². The average molecular weight is 358 g/mol. The van der Waals surface area contributed by atoms with E-state index in [-0.39, 0.29) is 0 Å². The molecule has 0 aliphatic heterocycles. The molecule has 0 amide bonds. The van der Waals surface area contributed by atoms with Crippen molar-refractivity contribution in [3.63, 3.8) is 0 Å². The molecule has 0 aliphatic carbocycles. The van der Waals surface area contributed by atoms with Gasteiger partial charge in [-0.1, -0.05) is 41.4 Å². The van der Waals surface area contributed by atoms with E-state index in [0.717, 1.165) is 0 Å². The van der Waals surface area contributed by atoms with Crippen LogP contribution in [-0.2, 0) is 0 Å². The highest BCUT2D eigenvalue weighted by molar-refractivity contribution is 6.43. The van der Waals surface area contributed by atoms with Gasteiger partial charge in [-0.3, -0.25) is 0 Å². The molecular weight excluding hydrogens is 348 g/mol. The van der Waals surface area contributed by atoms with E-state index in [0.29, 0.717) is 38.3 Å². The van der Waals surface area contributed by atoms with Crippen LogP contribution in [0.2, 0.25) is 10.0 Å². The Balaban J connectivity index is 1.98. The second-order valence-corrected chi connectivity index (χ2v) is 5.77. The fraction of sp³-hybridized carbons (Fsp3) is 0. The molecule has 0 saturated carbocycles. The zero-order chi connectivity index (χ0) is 17.1. The van der Waals surface area contributed by atoms with Gasteiger partial charge < -0.3 is 4.42 Å². The van der Waals surface area contributed by atoms with E-state index in [2.05, 4.69) is 6.07 Å². The van der Waals surface area contributed by atoms with Crippen molar-refractivity contribution in [2.24, 2.45) is 0 Å². The van der Waals surface area contributed by atoms with Crippen LogP contribution in [0.3, 0.4) is 0 Å². The molecule has 2 aromatic carbocycles. The van der Waals surface area contributed by atoms with Gasteiger partial charge in [-0.25, -0.2) is 4.39 Å². The lowest BCUT2D eigenvalue weighted by Crippen LogP contribution is -1.83. The minimum absolute atomic E-state index is 0.299. The summed E-state index contributed by atoms with van der Waals surface area (Å²) in [6, 6.07) is 16.6. The Labute approximate surface area is 148 Å². The number of nitrogens with zero attached hydrogens (tertiary/aromatic N) is 1. The van der Waals surface area contributed by atoms with E-state index in [1.807, 2.05) is 0 Å². The van der Waals surface area contributed by atoms with Crippen molar-refractivity contribution in [3.05, 3.63) is 81.8 Å². The smallest absolute Gasteiger partial charge is 0.136 e. The lowest BCUT2D eigenvalue weighted by Gasteiger charge is -2.02. The third-order valence-electron chi connectivity index (χ3n) is 3.39. The molecule has 0 fully saturated rings. The molecule has 1 aromatic heterocycles. The van der Waals surface area contributed by atoms with Crippen LogP contribution in [0.15, 0.2) is 59.0 Å². The van der Waals surface area contributed by atoms with E-state index in [4.69, 9.17) is 27.6 Å². The molecule has 0 saturated heterocycles. The van der Waals surface area contributed by atoms with E-state index >= 15 is 0 Å². The van der Waals surface area contributed by atoms with Crippen molar-refractivity contribution in [1.82, 2.24) is 0 Å². The summed E-state index contributed by atoms with van der Waals surface area (Å²) < 4.78 is 19.0. The Morgan fingerprint density at radius 3 is 2.62 bits per heavy atom. The molecule has 0 aliphatic rings. The molecule has 0 atom stereocenters. The number of nitriles is 1. The number of allylic oxidation sites excluding steroid dienone is 1. The Morgan fingerprint density at radius 1 is 1.08 bits per heavy atom. The van der Waals surface area contributed by atoms with Crippen molar-refractivity contribution in [2.45, 2.75) is 0 Å². The van der Waals surface area contributed by atoms with Crippen LogP contribution in [0, 0.1) is 17.1 Å². The topological polar surface area (TPSA) is 36.9 Å². The maximum Gasteiger partial charge on any atom is 0.136 e. The molecule has 5 heteroatoms. The average Bonchev–Trinajstić information content (AvgIpc) is 3.03. The predicted molar refractivity (Wildman–Crippen MR) is 94.0 cm³/mol. The van der Waals surface area contributed by atoms with Crippen molar-refractivity contribution >= 4 is 34.9 Å². The quantitative estimate of drug-likeness (QED) is 0.504. The third kappa shape index (κ3) is 3.35. The highest BCUT2D eigenvalue weighted by atomic mass is 35.5. The van der Waals surface area contributed by atoms with Gasteiger partial charge in [-0.15, -0.1) is 0 Å². The summed E-state index contributed by atoms with van der Waals surface area (Å²) in [4.78, 5) is 0. The maximum atomic E-state index is 13.3. The number of furan rings is 1. The van der Waals surface area contributed by atoms with E-state index in [9.17, 15) is 9.65 Å². The maximum absolute atomic E-state index is 13.3. The number of hydrogen-bond acceptors (Lipinski definition) is 2. The number of hydrogen-bond donors (Lipinski definition) is 0. The van der Waals surface area contributed by atoms with Crippen LogP contribution < -0.4 is 0 Å². The molecule has 0 bridgehead atoms. The normalized spacial score (nSPS) is 11.3. The molecule has 0 radical (unpaired) electrons. The van der Waals surface area contributed by atoms with Gasteiger partial charge in [0.2, 0.25) is 0 Å². The van der Waals surface area contributed by atoms with Gasteiger partial charge in [0.25, 0.3) is 0 Å². The Kier molecular flexibility index (Phi) is 4.71. The fourth-order valence-electron chi connectivity index (χ4n) is 2.25. The van der Waals surface area contributed by atoms with E-state index < -0.39 is 5.82 Å².